The van der Waals surface area contributed by atoms with Gasteiger partial charge in [-0.1, -0.05) is 30.7 Å². The topological polar surface area (TPSA) is 20.2 Å². The summed E-state index contributed by atoms with van der Waals surface area (Å²) < 4.78 is 0. The van der Waals surface area contributed by atoms with Gasteiger partial charge in [0.15, 0.2) is 0 Å². The van der Waals surface area contributed by atoms with Crippen LogP contribution in [0.25, 0.3) is 0 Å². The highest BCUT2D eigenvalue weighted by atomic mass is 16.3. The predicted octanol–water partition coefficient (Wildman–Crippen LogP) is 4.09. The first-order chi connectivity index (χ1) is 8.08. The van der Waals surface area contributed by atoms with E-state index in [0.29, 0.717) is 5.41 Å². The van der Waals surface area contributed by atoms with Crippen LogP contribution in [-0.2, 0) is 0 Å². The Balaban J connectivity index is 2.01. The highest BCUT2D eigenvalue weighted by Crippen LogP contribution is 2.57. The maximum atomic E-state index is 9.01. The van der Waals surface area contributed by atoms with Gasteiger partial charge in [-0.2, -0.15) is 0 Å². The summed E-state index contributed by atoms with van der Waals surface area (Å²) in [6, 6.07) is 0. The Hall–Kier alpha value is -0.560. The van der Waals surface area contributed by atoms with Crippen LogP contribution in [0.5, 0.6) is 0 Å². The van der Waals surface area contributed by atoms with Gasteiger partial charge in [0.2, 0.25) is 0 Å². The number of hydrogen-bond donors (Lipinski definition) is 1. The molecule has 3 fully saturated rings. The van der Waals surface area contributed by atoms with E-state index in [0.717, 1.165) is 23.8 Å². The van der Waals surface area contributed by atoms with Crippen molar-refractivity contribution in [2.24, 2.45) is 17.3 Å². The van der Waals surface area contributed by atoms with Crippen LogP contribution in [0, 0.1) is 17.3 Å². The second kappa shape index (κ2) is 4.97. The SMILES string of the molecule is C=C1C2CCC(CC2)[C@@]1(C)CC/C=C(/C)CO. The van der Waals surface area contributed by atoms with Crippen molar-refractivity contribution >= 4 is 0 Å². The second-order valence-electron chi connectivity index (χ2n) is 6.24. The number of aliphatic hydroxyl groups excluding tert-OH is 1. The Morgan fingerprint density at radius 3 is 2.59 bits per heavy atom. The molecule has 96 valence electrons. The van der Waals surface area contributed by atoms with E-state index in [1.807, 2.05) is 6.92 Å². The summed E-state index contributed by atoms with van der Waals surface area (Å²) in [5, 5.41) is 9.01. The molecule has 3 rings (SSSR count). The molecule has 2 bridgehead atoms. The summed E-state index contributed by atoms with van der Waals surface area (Å²) in [7, 11) is 0. The Labute approximate surface area is 106 Å². The first-order valence-corrected chi connectivity index (χ1v) is 7.03. The van der Waals surface area contributed by atoms with E-state index < -0.39 is 0 Å². The molecule has 1 nitrogen and oxygen atoms in total. The van der Waals surface area contributed by atoms with Gasteiger partial charge >= 0.3 is 0 Å². The summed E-state index contributed by atoms with van der Waals surface area (Å²) in [6.07, 6.45) is 10.1. The fourth-order valence-electron chi connectivity index (χ4n) is 3.86. The lowest BCUT2D eigenvalue weighted by Gasteiger charge is -2.52. The molecule has 3 aliphatic rings. The third-order valence-corrected chi connectivity index (χ3v) is 5.26. The van der Waals surface area contributed by atoms with E-state index in [9.17, 15) is 0 Å². The Morgan fingerprint density at radius 2 is 2.06 bits per heavy atom. The lowest BCUT2D eigenvalue weighted by Crippen LogP contribution is -2.41. The summed E-state index contributed by atoms with van der Waals surface area (Å²) in [5.41, 5.74) is 2.99. The molecule has 1 atom stereocenters. The molecule has 3 saturated carbocycles. The summed E-state index contributed by atoms with van der Waals surface area (Å²) in [5.74, 6) is 1.66. The highest BCUT2D eigenvalue weighted by molar-refractivity contribution is 5.21. The molecule has 0 spiro atoms. The third-order valence-electron chi connectivity index (χ3n) is 5.26. The van der Waals surface area contributed by atoms with E-state index in [-0.39, 0.29) is 6.61 Å². The molecule has 1 N–H and O–H groups in total. The van der Waals surface area contributed by atoms with Crippen molar-refractivity contribution in [3.05, 3.63) is 23.8 Å². The average molecular weight is 234 g/mol. The minimum atomic E-state index is 0.198. The van der Waals surface area contributed by atoms with Gasteiger partial charge in [-0.05, 0) is 62.7 Å². The second-order valence-corrected chi connectivity index (χ2v) is 6.24. The smallest absolute Gasteiger partial charge is 0.0639 e. The fraction of sp³-hybridized carbons (Fsp3) is 0.750. The number of hydrogen-bond acceptors (Lipinski definition) is 1. The molecule has 1 heteroatoms. The zero-order chi connectivity index (χ0) is 12.5. The van der Waals surface area contributed by atoms with E-state index in [1.54, 1.807) is 0 Å². The normalized spacial score (nSPS) is 37.6. The molecule has 0 aliphatic heterocycles. The molecule has 0 heterocycles. The van der Waals surface area contributed by atoms with Crippen LogP contribution in [-0.4, -0.2) is 11.7 Å². The van der Waals surface area contributed by atoms with Gasteiger partial charge in [-0.25, -0.2) is 0 Å². The molecule has 0 unspecified atom stereocenters. The molecular formula is C16H26O. The summed E-state index contributed by atoms with van der Waals surface area (Å²) in [6.45, 7) is 9.02. The van der Waals surface area contributed by atoms with Crippen molar-refractivity contribution < 1.29 is 5.11 Å². The first kappa shape index (κ1) is 12.9. The van der Waals surface area contributed by atoms with E-state index >= 15 is 0 Å². The molecule has 0 saturated heterocycles. The van der Waals surface area contributed by atoms with Crippen LogP contribution in [0.1, 0.15) is 52.4 Å². The highest BCUT2D eigenvalue weighted by Gasteiger charge is 2.46. The van der Waals surface area contributed by atoms with Crippen LogP contribution >= 0.6 is 0 Å². The minimum absolute atomic E-state index is 0.198. The molecule has 0 amide bonds. The van der Waals surface area contributed by atoms with Gasteiger partial charge < -0.3 is 5.11 Å². The van der Waals surface area contributed by atoms with Crippen LogP contribution in [0.15, 0.2) is 23.8 Å². The number of fused-ring (bicyclic) bond motifs is 3. The molecule has 0 aromatic carbocycles. The number of aliphatic hydroxyl groups is 1. The molecule has 0 aromatic heterocycles. The van der Waals surface area contributed by atoms with Gasteiger partial charge in [0.25, 0.3) is 0 Å². The van der Waals surface area contributed by atoms with Gasteiger partial charge in [0.05, 0.1) is 6.61 Å². The average Bonchev–Trinajstić information content (AvgIpc) is 2.36. The molecule has 0 aromatic rings. The van der Waals surface area contributed by atoms with E-state index in [1.165, 1.54) is 37.7 Å². The molecule has 0 radical (unpaired) electrons. The summed E-state index contributed by atoms with van der Waals surface area (Å²) in [4.78, 5) is 0. The Morgan fingerprint density at radius 1 is 1.41 bits per heavy atom. The maximum Gasteiger partial charge on any atom is 0.0639 e. The number of rotatable bonds is 4. The van der Waals surface area contributed by atoms with E-state index in [4.69, 9.17) is 5.11 Å². The largest absolute Gasteiger partial charge is 0.392 e. The summed E-state index contributed by atoms with van der Waals surface area (Å²) >= 11 is 0. The minimum Gasteiger partial charge on any atom is -0.392 e. The third kappa shape index (κ3) is 2.35. The Bertz CT molecular complexity index is 320. The fourth-order valence-corrected chi connectivity index (χ4v) is 3.86. The van der Waals surface area contributed by atoms with Crippen molar-refractivity contribution in [1.29, 1.82) is 0 Å². The van der Waals surface area contributed by atoms with Crippen molar-refractivity contribution in [2.45, 2.75) is 52.4 Å². The first-order valence-electron chi connectivity index (χ1n) is 7.03. The molecule has 17 heavy (non-hydrogen) atoms. The predicted molar refractivity (Wildman–Crippen MR) is 72.8 cm³/mol. The van der Waals surface area contributed by atoms with Crippen molar-refractivity contribution in [2.75, 3.05) is 6.61 Å². The van der Waals surface area contributed by atoms with E-state index in [2.05, 4.69) is 19.6 Å². The zero-order valence-corrected chi connectivity index (χ0v) is 11.3. The van der Waals surface area contributed by atoms with Gasteiger partial charge in [0, 0.05) is 0 Å². The lowest BCUT2D eigenvalue weighted by molar-refractivity contribution is 0.0794. The monoisotopic (exact) mass is 234 g/mol. The van der Waals surface area contributed by atoms with Crippen LogP contribution in [0.4, 0.5) is 0 Å². The quantitative estimate of drug-likeness (QED) is 0.726. The zero-order valence-electron chi connectivity index (χ0n) is 11.3. The van der Waals surface area contributed by atoms with Gasteiger partial charge in [-0.3, -0.25) is 0 Å². The molecule has 3 aliphatic carbocycles. The van der Waals surface area contributed by atoms with Crippen LogP contribution in [0.3, 0.4) is 0 Å². The molecular weight excluding hydrogens is 208 g/mol. The van der Waals surface area contributed by atoms with Gasteiger partial charge in [-0.15, -0.1) is 0 Å². The van der Waals surface area contributed by atoms with Crippen molar-refractivity contribution in [3.63, 3.8) is 0 Å². The van der Waals surface area contributed by atoms with Crippen LogP contribution < -0.4 is 0 Å². The Kier molecular flexibility index (Phi) is 3.77. The van der Waals surface area contributed by atoms with Gasteiger partial charge in [0.1, 0.15) is 0 Å². The standard InChI is InChI=1S/C16H26O/c1-12(11-17)5-4-10-16(3)13(2)14-6-8-15(16)9-7-14/h5,14-15,17H,2,4,6-11H2,1,3H3/b12-5-/t14?,15?,16-/m0/s1. The lowest BCUT2D eigenvalue weighted by atomic mass is 9.53. The van der Waals surface area contributed by atoms with Crippen molar-refractivity contribution in [3.8, 4) is 0 Å². The van der Waals surface area contributed by atoms with Crippen LogP contribution in [0.2, 0.25) is 0 Å². The van der Waals surface area contributed by atoms with Crippen molar-refractivity contribution in [1.82, 2.24) is 0 Å². The maximum absolute atomic E-state index is 9.01. The number of allylic oxidation sites excluding steroid dienone is 2.